The van der Waals surface area contributed by atoms with E-state index in [1.807, 2.05) is 12.3 Å². The molecule has 0 N–H and O–H groups in total. The standard InChI is InChI=1S/C16H19BrN2O/c1-11-7-13(5-6-15(11)20-4)10-19(3)16-12(2)8-14(17)9-18-16/h5-9H,10H2,1-4H3. The monoisotopic (exact) mass is 334 g/mol. The molecule has 3 nitrogen and oxygen atoms in total. The second-order valence-electron chi connectivity index (χ2n) is 4.95. The number of hydrogen-bond acceptors (Lipinski definition) is 3. The van der Waals surface area contributed by atoms with Crippen molar-refractivity contribution in [1.82, 2.24) is 4.98 Å². The number of aryl methyl sites for hydroxylation is 2. The van der Waals surface area contributed by atoms with Crippen LogP contribution in [0.2, 0.25) is 0 Å². The zero-order valence-electron chi connectivity index (χ0n) is 12.3. The Labute approximate surface area is 128 Å². The van der Waals surface area contributed by atoms with E-state index in [1.165, 1.54) is 5.56 Å². The first-order valence-electron chi connectivity index (χ1n) is 6.48. The van der Waals surface area contributed by atoms with E-state index >= 15 is 0 Å². The summed E-state index contributed by atoms with van der Waals surface area (Å²) in [6.45, 7) is 4.95. The third-order valence-electron chi connectivity index (χ3n) is 3.26. The van der Waals surface area contributed by atoms with Gasteiger partial charge in [0.1, 0.15) is 11.6 Å². The van der Waals surface area contributed by atoms with E-state index < -0.39 is 0 Å². The quantitative estimate of drug-likeness (QED) is 0.841. The second kappa shape index (κ2) is 6.27. The molecule has 0 aliphatic heterocycles. The first-order valence-corrected chi connectivity index (χ1v) is 7.27. The highest BCUT2D eigenvalue weighted by molar-refractivity contribution is 9.10. The van der Waals surface area contributed by atoms with Crippen LogP contribution in [0.25, 0.3) is 0 Å². The largest absolute Gasteiger partial charge is 0.496 e. The minimum Gasteiger partial charge on any atom is -0.496 e. The van der Waals surface area contributed by atoms with Crippen molar-refractivity contribution in [3.05, 3.63) is 51.6 Å². The molecule has 0 radical (unpaired) electrons. The molecule has 0 bridgehead atoms. The molecular formula is C16H19BrN2O. The highest BCUT2D eigenvalue weighted by Crippen LogP contribution is 2.23. The molecule has 0 spiro atoms. The molecule has 1 heterocycles. The van der Waals surface area contributed by atoms with Gasteiger partial charge in [0.25, 0.3) is 0 Å². The minimum atomic E-state index is 0.820. The maximum absolute atomic E-state index is 5.29. The van der Waals surface area contributed by atoms with E-state index in [2.05, 4.69) is 64.9 Å². The lowest BCUT2D eigenvalue weighted by Crippen LogP contribution is -2.18. The van der Waals surface area contributed by atoms with Gasteiger partial charge in [0.15, 0.2) is 0 Å². The first-order chi connectivity index (χ1) is 9.51. The molecule has 0 unspecified atom stereocenters. The van der Waals surface area contributed by atoms with Crippen LogP contribution in [0.5, 0.6) is 5.75 Å². The molecule has 1 aromatic carbocycles. The Morgan fingerprint density at radius 3 is 2.55 bits per heavy atom. The first kappa shape index (κ1) is 14.9. The average Bonchev–Trinajstić information content (AvgIpc) is 2.38. The predicted molar refractivity (Wildman–Crippen MR) is 86.5 cm³/mol. The molecule has 2 rings (SSSR count). The summed E-state index contributed by atoms with van der Waals surface area (Å²) in [4.78, 5) is 6.64. The van der Waals surface area contributed by atoms with Crippen LogP contribution in [0.3, 0.4) is 0 Å². The molecule has 0 atom stereocenters. The van der Waals surface area contributed by atoms with E-state index in [0.29, 0.717) is 0 Å². The van der Waals surface area contributed by atoms with Gasteiger partial charge in [-0.1, -0.05) is 12.1 Å². The number of rotatable bonds is 4. The van der Waals surface area contributed by atoms with Gasteiger partial charge < -0.3 is 9.64 Å². The van der Waals surface area contributed by atoms with Gasteiger partial charge >= 0.3 is 0 Å². The maximum Gasteiger partial charge on any atom is 0.131 e. The summed E-state index contributed by atoms with van der Waals surface area (Å²) in [6, 6.07) is 8.35. The Morgan fingerprint density at radius 2 is 1.95 bits per heavy atom. The van der Waals surface area contributed by atoms with Gasteiger partial charge in [0.2, 0.25) is 0 Å². The molecule has 0 amide bonds. The lowest BCUT2D eigenvalue weighted by molar-refractivity contribution is 0.411. The van der Waals surface area contributed by atoms with Crippen LogP contribution >= 0.6 is 15.9 Å². The predicted octanol–water partition coefficient (Wildman–Crippen LogP) is 4.11. The summed E-state index contributed by atoms with van der Waals surface area (Å²) in [5.41, 5.74) is 3.56. The number of anilines is 1. The molecule has 0 aliphatic rings. The van der Waals surface area contributed by atoms with E-state index in [9.17, 15) is 0 Å². The third-order valence-corrected chi connectivity index (χ3v) is 3.69. The molecule has 106 valence electrons. The third kappa shape index (κ3) is 3.31. The number of methoxy groups -OCH3 is 1. The summed E-state index contributed by atoms with van der Waals surface area (Å²) in [7, 11) is 3.76. The van der Waals surface area contributed by atoms with Gasteiger partial charge in [-0.05, 0) is 58.6 Å². The second-order valence-corrected chi connectivity index (χ2v) is 5.87. The Balaban J connectivity index is 2.18. The summed E-state index contributed by atoms with van der Waals surface area (Å²) in [6.07, 6.45) is 1.83. The van der Waals surface area contributed by atoms with Crippen LogP contribution in [0.1, 0.15) is 16.7 Å². The van der Waals surface area contributed by atoms with E-state index in [-0.39, 0.29) is 0 Å². The lowest BCUT2D eigenvalue weighted by atomic mass is 10.1. The van der Waals surface area contributed by atoms with Gasteiger partial charge in [-0.15, -0.1) is 0 Å². The Morgan fingerprint density at radius 1 is 1.20 bits per heavy atom. The fraction of sp³-hybridized carbons (Fsp3) is 0.312. The Kier molecular flexibility index (Phi) is 4.65. The number of nitrogens with zero attached hydrogens (tertiary/aromatic N) is 2. The van der Waals surface area contributed by atoms with Crippen LogP contribution in [-0.4, -0.2) is 19.1 Å². The van der Waals surface area contributed by atoms with Crippen LogP contribution in [0, 0.1) is 13.8 Å². The Bertz CT molecular complexity index is 613. The smallest absolute Gasteiger partial charge is 0.131 e. The van der Waals surface area contributed by atoms with E-state index in [4.69, 9.17) is 4.74 Å². The molecule has 0 aliphatic carbocycles. The minimum absolute atomic E-state index is 0.820. The van der Waals surface area contributed by atoms with Crippen LogP contribution in [0.4, 0.5) is 5.82 Å². The van der Waals surface area contributed by atoms with Gasteiger partial charge in [0, 0.05) is 24.3 Å². The zero-order valence-corrected chi connectivity index (χ0v) is 13.9. The fourth-order valence-corrected chi connectivity index (χ4v) is 2.77. The fourth-order valence-electron chi connectivity index (χ4n) is 2.32. The van der Waals surface area contributed by atoms with Crippen molar-refractivity contribution in [2.45, 2.75) is 20.4 Å². The number of hydrogen-bond donors (Lipinski definition) is 0. The molecule has 0 saturated heterocycles. The van der Waals surface area contributed by atoms with Crippen LogP contribution in [0.15, 0.2) is 34.9 Å². The average molecular weight is 335 g/mol. The number of benzene rings is 1. The zero-order chi connectivity index (χ0) is 14.7. The summed E-state index contributed by atoms with van der Waals surface area (Å²) in [5, 5.41) is 0. The highest BCUT2D eigenvalue weighted by Gasteiger charge is 2.08. The van der Waals surface area contributed by atoms with Gasteiger partial charge in [0.05, 0.1) is 7.11 Å². The molecule has 2 aromatic rings. The molecule has 0 saturated carbocycles. The maximum atomic E-state index is 5.29. The normalized spacial score (nSPS) is 10.4. The Hall–Kier alpha value is -1.55. The molecule has 1 aromatic heterocycles. The van der Waals surface area contributed by atoms with Crippen molar-refractivity contribution >= 4 is 21.7 Å². The van der Waals surface area contributed by atoms with E-state index in [1.54, 1.807) is 7.11 Å². The van der Waals surface area contributed by atoms with Crippen molar-refractivity contribution in [1.29, 1.82) is 0 Å². The van der Waals surface area contributed by atoms with Crippen molar-refractivity contribution in [3.63, 3.8) is 0 Å². The van der Waals surface area contributed by atoms with Gasteiger partial charge in [-0.3, -0.25) is 0 Å². The van der Waals surface area contributed by atoms with Crippen LogP contribution < -0.4 is 9.64 Å². The van der Waals surface area contributed by atoms with Crippen molar-refractivity contribution in [3.8, 4) is 5.75 Å². The topological polar surface area (TPSA) is 25.4 Å². The SMILES string of the molecule is COc1ccc(CN(C)c2ncc(Br)cc2C)cc1C. The highest BCUT2D eigenvalue weighted by atomic mass is 79.9. The summed E-state index contributed by atoms with van der Waals surface area (Å²) >= 11 is 3.44. The van der Waals surface area contributed by atoms with Gasteiger partial charge in [-0.25, -0.2) is 4.98 Å². The van der Waals surface area contributed by atoms with Gasteiger partial charge in [-0.2, -0.15) is 0 Å². The van der Waals surface area contributed by atoms with Crippen molar-refractivity contribution in [2.24, 2.45) is 0 Å². The number of ether oxygens (including phenoxy) is 1. The molecule has 0 fully saturated rings. The molecule has 20 heavy (non-hydrogen) atoms. The van der Waals surface area contributed by atoms with Crippen molar-refractivity contribution < 1.29 is 4.74 Å². The molecular weight excluding hydrogens is 316 g/mol. The summed E-state index contributed by atoms with van der Waals surface area (Å²) in [5.74, 6) is 1.93. The number of aromatic nitrogens is 1. The number of pyridine rings is 1. The van der Waals surface area contributed by atoms with Crippen molar-refractivity contribution in [2.75, 3.05) is 19.1 Å². The molecule has 4 heteroatoms. The van der Waals surface area contributed by atoms with E-state index in [0.717, 1.165) is 33.7 Å². The van der Waals surface area contributed by atoms with Crippen LogP contribution in [-0.2, 0) is 6.54 Å². The summed E-state index contributed by atoms with van der Waals surface area (Å²) < 4.78 is 6.30. The number of halogens is 1. The lowest BCUT2D eigenvalue weighted by Gasteiger charge is -2.21.